The molecule has 0 atom stereocenters. The van der Waals surface area contributed by atoms with E-state index in [1.807, 2.05) is 6.07 Å². The van der Waals surface area contributed by atoms with Crippen molar-refractivity contribution in [1.29, 1.82) is 0 Å². The maximum absolute atomic E-state index is 11.4. The first-order valence-corrected chi connectivity index (χ1v) is 4.48. The van der Waals surface area contributed by atoms with Gasteiger partial charge in [0, 0.05) is 22.6 Å². The van der Waals surface area contributed by atoms with Gasteiger partial charge in [0.1, 0.15) is 6.42 Å². The average Bonchev–Trinajstić information content (AvgIpc) is 2.19. The Balaban J connectivity index is 0.00000196. The van der Waals surface area contributed by atoms with Crippen LogP contribution in [0.2, 0.25) is 0 Å². The molecule has 1 aromatic rings. The van der Waals surface area contributed by atoms with Gasteiger partial charge in [-0.1, -0.05) is 30.3 Å². The molecule has 0 bridgehead atoms. The van der Waals surface area contributed by atoms with E-state index < -0.39 is 5.97 Å². The van der Waals surface area contributed by atoms with Crippen LogP contribution in [0.1, 0.15) is 23.7 Å². The molecule has 0 spiro atoms. The topological polar surface area (TPSA) is 43.4 Å². The van der Waals surface area contributed by atoms with E-state index in [1.165, 1.54) is 0 Å². The predicted molar refractivity (Wildman–Crippen MR) is 52.0 cm³/mol. The van der Waals surface area contributed by atoms with Crippen molar-refractivity contribution in [1.82, 2.24) is 0 Å². The molecule has 0 unspecified atom stereocenters. The van der Waals surface area contributed by atoms with Crippen LogP contribution in [0.4, 0.5) is 0 Å². The number of carbonyl (C=O) groups is 2. The van der Waals surface area contributed by atoms with Gasteiger partial charge < -0.3 is 4.74 Å². The molecular weight excluding hydrogens is 244 g/mol. The van der Waals surface area contributed by atoms with Crippen molar-refractivity contribution in [3.8, 4) is 0 Å². The van der Waals surface area contributed by atoms with Crippen molar-refractivity contribution in [3.05, 3.63) is 35.9 Å². The summed E-state index contributed by atoms with van der Waals surface area (Å²) in [6.45, 7) is 2.02. The Morgan fingerprint density at radius 1 is 1.20 bits per heavy atom. The zero-order chi connectivity index (χ0) is 10.4. The van der Waals surface area contributed by atoms with Gasteiger partial charge in [0.25, 0.3) is 0 Å². The van der Waals surface area contributed by atoms with Crippen LogP contribution in [-0.2, 0) is 26.6 Å². The maximum atomic E-state index is 11.4. The van der Waals surface area contributed by atoms with E-state index >= 15 is 0 Å². The standard InChI is InChI=1S/C11H12O3.Cu/c1-2-14-11(13)8-10(12)9-6-4-3-5-7-9;/h3-7H,2,8H2,1H3;. The number of esters is 1. The van der Waals surface area contributed by atoms with E-state index in [2.05, 4.69) is 4.74 Å². The average molecular weight is 256 g/mol. The van der Waals surface area contributed by atoms with Gasteiger partial charge in [-0.15, -0.1) is 0 Å². The third kappa shape index (κ3) is 4.77. The van der Waals surface area contributed by atoms with Gasteiger partial charge in [-0.2, -0.15) is 0 Å². The molecule has 15 heavy (non-hydrogen) atoms. The first kappa shape index (κ1) is 13.9. The van der Waals surface area contributed by atoms with Gasteiger partial charge in [0.2, 0.25) is 0 Å². The molecule has 0 amide bonds. The summed E-state index contributed by atoms with van der Waals surface area (Å²) in [5.41, 5.74) is 0.542. The molecule has 1 aromatic carbocycles. The molecule has 0 saturated carbocycles. The van der Waals surface area contributed by atoms with Crippen LogP contribution in [-0.4, -0.2) is 18.4 Å². The van der Waals surface area contributed by atoms with Gasteiger partial charge in [0.15, 0.2) is 5.78 Å². The molecule has 0 heterocycles. The fraction of sp³-hybridized carbons (Fsp3) is 0.273. The van der Waals surface area contributed by atoms with E-state index in [4.69, 9.17) is 0 Å². The minimum atomic E-state index is -0.471. The Morgan fingerprint density at radius 3 is 2.33 bits per heavy atom. The predicted octanol–water partition coefficient (Wildman–Crippen LogP) is 1.82. The molecule has 0 aromatic heterocycles. The number of ketones is 1. The van der Waals surface area contributed by atoms with Crippen molar-refractivity contribution in [2.24, 2.45) is 0 Å². The normalized spacial score (nSPS) is 8.87. The molecule has 4 heteroatoms. The molecule has 0 fully saturated rings. The second kappa shape index (κ2) is 7.21. The summed E-state index contributed by atoms with van der Waals surface area (Å²) >= 11 is 0. The minimum Gasteiger partial charge on any atom is -0.466 e. The summed E-state index contributed by atoms with van der Waals surface area (Å²) in [4.78, 5) is 22.4. The summed E-state index contributed by atoms with van der Waals surface area (Å²) in [6.07, 6.45) is -0.183. The van der Waals surface area contributed by atoms with Crippen molar-refractivity contribution in [2.45, 2.75) is 13.3 Å². The van der Waals surface area contributed by atoms with Crippen molar-refractivity contribution in [2.75, 3.05) is 6.61 Å². The Bertz CT molecular complexity index is 322. The number of hydrogen-bond donors (Lipinski definition) is 0. The second-order valence-electron chi connectivity index (χ2n) is 2.77. The molecule has 0 saturated heterocycles. The van der Waals surface area contributed by atoms with Crippen molar-refractivity contribution < 1.29 is 31.4 Å². The van der Waals surface area contributed by atoms with Crippen LogP contribution in [0, 0.1) is 0 Å². The van der Waals surface area contributed by atoms with Crippen LogP contribution in [0.25, 0.3) is 0 Å². The minimum absolute atomic E-state index is 0. The largest absolute Gasteiger partial charge is 0.466 e. The third-order valence-electron chi connectivity index (χ3n) is 1.71. The summed E-state index contributed by atoms with van der Waals surface area (Å²) in [7, 11) is 0. The Kier molecular flexibility index (Phi) is 6.67. The number of benzene rings is 1. The van der Waals surface area contributed by atoms with Gasteiger partial charge in [-0.3, -0.25) is 9.59 Å². The van der Waals surface area contributed by atoms with Crippen LogP contribution in [0.5, 0.6) is 0 Å². The smallest absolute Gasteiger partial charge is 0.313 e. The van der Waals surface area contributed by atoms with Gasteiger partial charge in [-0.25, -0.2) is 0 Å². The zero-order valence-electron chi connectivity index (χ0n) is 8.33. The number of hydrogen-bond acceptors (Lipinski definition) is 3. The first-order chi connectivity index (χ1) is 6.74. The van der Waals surface area contributed by atoms with Crippen LogP contribution in [0.15, 0.2) is 30.3 Å². The maximum Gasteiger partial charge on any atom is 0.313 e. The van der Waals surface area contributed by atoms with Gasteiger partial charge in [0.05, 0.1) is 6.61 Å². The number of carbonyl (C=O) groups excluding carboxylic acids is 2. The van der Waals surface area contributed by atoms with Crippen molar-refractivity contribution in [3.63, 3.8) is 0 Å². The number of Topliss-reactive ketones (excluding diaryl/α,β-unsaturated/α-hetero) is 1. The molecule has 3 nitrogen and oxygen atoms in total. The van der Waals surface area contributed by atoms with Gasteiger partial charge in [-0.05, 0) is 6.92 Å². The Labute approximate surface area is 99.3 Å². The third-order valence-corrected chi connectivity index (χ3v) is 1.71. The fourth-order valence-electron chi connectivity index (χ4n) is 1.07. The Hall–Kier alpha value is -1.12. The number of ether oxygens (including phenoxy) is 1. The summed E-state index contributed by atoms with van der Waals surface area (Å²) in [5, 5.41) is 0. The zero-order valence-corrected chi connectivity index (χ0v) is 9.27. The van der Waals surface area contributed by atoms with Crippen LogP contribution in [0.3, 0.4) is 0 Å². The molecule has 85 valence electrons. The van der Waals surface area contributed by atoms with E-state index in [9.17, 15) is 9.59 Å². The molecule has 0 aliphatic rings. The number of rotatable bonds is 4. The van der Waals surface area contributed by atoms with E-state index in [-0.39, 0.29) is 29.3 Å². The van der Waals surface area contributed by atoms with Gasteiger partial charge >= 0.3 is 5.97 Å². The van der Waals surface area contributed by atoms with Crippen LogP contribution >= 0.6 is 0 Å². The summed E-state index contributed by atoms with van der Waals surface area (Å²) in [6, 6.07) is 8.71. The summed E-state index contributed by atoms with van der Waals surface area (Å²) < 4.78 is 4.67. The van der Waals surface area contributed by atoms with E-state index in [0.29, 0.717) is 12.2 Å². The van der Waals surface area contributed by atoms with E-state index in [0.717, 1.165) is 0 Å². The Morgan fingerprint density at radius 2 is 1.80 bits per heavy atom. The summed E-state index contributed by atoms with van der Waals surface area (Å²) in [5.74, 6) is -0.676. The molecule has 1 rings (SSSR count). The first-order valence-electron chi connectivity index (χ1n) is 4.48. The molecule has 0 N–H and O–H groups in total. The van der Waals surface area contributed by atoms with E-state index in [1.54, 1.807) is 31.2 Å². The quantitative estimate of drug-likeness (QED) is 0.357. The SMILES string of the molecule is CCOC(=O)CC(=O)c1ccccc1.[Cu]. The molecule has 0 aliphatic heterocycles. The molecule has 0 aliphatic carbocycles. The molecular formula is C11H12CuO3. The van der Waals surface area contributed by atoms with Crippen LogP contribution < -0.4 is 0 Å². The monoisotopic (exact) mass is 255 g/mol. The second-order valence-corrected chi connectivity index (χ2v) is 2.77. The molecule has 1 radical (unpaired) electrons. The van der Waals surface area contributed by atoms with Crippen molar-refractivity contribution >= 4 is 11.8 Å². The fourth-order valence-corrected chi connectivity index (χ4v) is 1.07.